The van der Waals surface area contributed by atoms with Crippen LogP contribution in [0.15, 0.2) is 22.3 Å². The first-order chi connectivity index (χ1) is 8.83. The molecule has 2 aromatic heterocycles. The van der Waals surface area contributed by atoms with Gasteiger partial charge in [0.1, 0.15) is 11.3 Å². The molecule has 0 N–H and O–H groups in total. The summed E-state index contributed by atoms with van der Waals surface area (Å²) in [6, 6.07) is 0.454. The number of aromatic nitrogens is 2. The monoisotopic (exact) mass is 263 g/mol. The van der Waals surface area contributed by atoms with Gasteiger partial charge in [-0.1, -0.05) is 6.42 Å². The molecule has 0 aromatic carbocycles. The van der Waals surface area contributed by atoms with Crippen molar-refractivity contribution in [2.24, 2.45) is 0 Å². The molecular formula is C13H17N3OS. The highest BCUT2D eigenvalue weighted by Crippen LogP contribution is 2.32. The van der Waals surface area contributed by atoms with Crippen molar-refractivity contribution in [2.45, 2.75) is 38.8 Å². The lowest BCUT2D eigenvalue weighted by Gasteiger charge is -2.33. The van der Waals surface area contributed by atoms with E-state index >= 15 is 0 Å². The average Bonchev–Trinajstić information content (AvgIpc) is 3.02. The molecule has 0 bridgehead atoms. The van der Waals surface area contributed by atoms with E-state index in [9.17, 15) is 0 Å². The predicted octanol–water partition coefficient (Wildman–Crippen LogP) is 3.17. The van der Waals surface area contributed by atoms with Crippen LogP contribution in [0.25, 0.3) is 0 Å². The van der Waals surface area contributed by atoms with Crippen LogP contribution in [0.1, 0.15) is 41.9 Å². The minimum Gasteiger partial charge on any atom is -0.449 e. The number of rotatable bonds is 3. The molecule has 3 rings (SSSR count). The lowest BCUT2D eigenvalue weighted by atomic mass is 10.0. The first-order valence-corrected chi connectivity index (χ1v) is 7.25. The van der Waals surface area contributed by atoms with Gasteiger partial charge < -0.3 is 4.42 Å². The fourth-order valence-corrected chi connectivity index (χ4v) is 3.35. The highest BCUT2D eigenvalue weighted by Gasteiger charge is 2.26. The number of hydrogen-bond acceptors (Lipinski definition) is 5. The molecule has 4 nitrogen and oxygen atoms in total. The number of aryl methyl sites for hydroxylation is 1. The van der Waals surface area contributed by atoms with Gasteiger partial charge in [0.05, 0.1) is 11.7 Å². The smallest absolute Gasteiger partial charge is 0.191 e. The van der Waals surface area contributed by atoms with Crippen molar-refractivity contribution < 1.29 is 4.42 Å². The zero-order chi connectivity index (χ0) is 12.4. The summed E-state index contributed by atoms with van der Waals surface area (Å²) in [6.45, 7) is 3.87. The number of nitrogens with zero attached hydrogens (tertiary/aromatic N) is 3. The van der Waals surface area contributed by atoms with Gasteiger partial charge in [0.2, 0.25) is 0 Å². The van der Waals surface area contributed by atoms with Crippen LogP contribution in [-0.4, -0.2) is 21.4 Å². The third kappa shape index (κ3) is 2.47. The van der Waals surface area contributed by atoms with Crippen molar-refractivity contribution in [3.05, 3.63) is 34.4 Å². The Labute approximate surface area is 111 Å². The van der Waals surface area contributed by atoms with Crippen LogP contribution < -0.4 is 0 Å². The van der Waals surface area contributed by atoms with Crippen molar-refractivity contribution in [3.8, 4) is 0 Å². The molecule has 1 aliphatic rings. The van der Waals surface area contributed by atoms with Gasteiger partial charge in [-0.05, 0) is 19.4 Å². The van der Waals surface area contributed by atoms with Crippen molar-refractivity contribution >= 4 is 11.3 Å². The molecule has 5 heteroatoms. The SMILES string of the molecule is Cc1nc(CN2CCCCC2c2nccs2)co1. The van der Waals surface area contributed by atoms with Crippen molar-refractivity contribution in [1.82, 2.24) is 14.9 Å². The van der Waals surface area contributed by atoms with E-state index in [1.54, 1.807) is 17.6 Å². The summed E-state index contributed by atoms with van der Waals surface area (Å²) in [7, 11) is 0. The number of piperidine rings is 1. The first-order valence-electron chi connectivity index (χ1n) is 6.37. The second kappa shape index (κ2) is 5.20. The lowest BCUT2D eigenvalue weighted by molar-refractivity contribution is 0.138. The summed E-state index contributed by atoms with van der Waals surface area (Å²) in [6.07, 6.45) is 7.41. The Hall–Kier alpha value is -1.20. The summed E-state index contributed by atoms with van der Waals surface area (Å²) in [5.74, 6) is 0.743. The van der Waals surface area contributed by atoms with Crippen LogP contribution in [-0.2, 0) is 6.54 Å². The normalized spacial score (nSPS) is 21.3. The van der Waals surface area contributed by atoms with E-state index in [-0.39, 0.29) is 0 Å². The van der Waals surface area contributed by atoms with Gasteiger partial charge in [-0.25, -0.2) is 9.97 Å². The average molecular weight is 263 g/mol. The summed E-state index contributed by atoms with van der Waals surface area (Å²) >= 11 is 1.75. The summed E-state index contributed by atoms with van der Waals surface area (Å²) < 4.78 is 5.28. The molecule has 1 saturated heterocycles. The van der Waals surface area contributed by atoms with Gasteiger partial charge in [-0.2, -0.15) is 0 Å². The Morgan fingerprint density at radius 3 is 3.17 bits per heavy atom. The number of hydrogen-bond donors (Lipinski definition) is 0. The lowest BCUT2D eigenvalue weighted by Crippen LogP contribution is -2.32. The molecule has 1 unspecified atom stereocenters. The molecular weight excluding hydrogens is 246 g/mol. The predicted molar refractivity (Wildman–Crippen MR) is 70.4 cm³/mol. The van der Waals surface area contributed by atoms with Gasteiger partial charge in [0, 0.05) is 25.0 Å². The zero-order valence-corrected chi connectivity index (χ0v) is 11.3. The third-order valence-electron chi connectivity index (χ3n) is 3.38. The Morgan fingerprint density at radius 2 is 2.44 bits per heavy atom. The van der Waals surface area contributed by atoms with E-state index < -0.39 is 0 Å². The fraction of sp³-hybridized carbons (Fsp3) is 0.538. The van der Waals surface area contributed by atoms with Gasteiger partial charge >= 0.3 is 0 Å². The van der Waals surface area contributed by atoms with Crippen LogP contribution in [0.3, 0.4) is 0 Å². The maximum absolute atomic E-state index is 5.28. The summed E-state index contributed by atoms with van der Waals surface area (Å²) in [4.78, 5) is 11.3. The highest BCUT2D eigenvalue weighted by atomic mass is 32.1. The molecule has 0 aliphatic carbocycles. The Bertz CT molecular complexity index is 494. The molecule has 0 radical (unpaired) electrons. The van der Waals surface area contributed by atoms with E-state index in [0.29, 0.717) is 6.04 Å². The Kier molecular flexibility index (Phi) is 3.43. The molecule has 1 aliphatic heterocycles. The maximum Gasteiger partial charge on any atom is 0.191 e. The van der Waals surface area contributed by atoms with Crippen LogP contribution in [0, 0.1) is 6.92 Å². The van der Waals surface area contributed by atoms with Crippen molar-refractivity contribution in [3.63, 3.8) is 0 Å². The second-order valence-corrected chi connectivity index (χ2v) is 5.64. The second-order valence-electron chi connectivity index (χ2n) is 4.71. The fourth-order valence-electron chi connectivity index (χ4n) is 2.55. The van der Waals surface area contributed by atoms with Crippen LogP contribution in [0.5, 0.6) is 0 Å². The summed E-state index contributed by atoms with van der Waals surface area (Å²) in [5, 5.41) is 3.29. The molecule has 3 heterocycles. The minimum atomic E-state index is 0.454. The number of likely N-dealkylation sites (tertiary alicyclic amines) is 1. The van der Waals surface area contributed by atoms with Crippen LogP contribution in [0.4, 0.5) is 0 Å². The quantitative estimate of drug-likeness (QED) is 0.853. The molecule has 18 heavy (non-hydrogen) atoms. The first kappa shape index (κ1) is 11.9. The highest BCUT2D eigenvalue weighted by molar-refractivity contribution is 7.09. The molecule has 96 valence electrons. The minimum absolute atomic E-state index is 0.454. The zero-order valence-electron chi connectivity index (χ0n) is 10.5. The molecule has 2 aromatic rings. The van der Waals surface area contributed by atoms with E-state index in [0.717, 1.165) is 24.7 Å². The van der Waals surface area contributed by atoms with E-state index in [2.05, 4.69) is 20.2 Å². The van der Waals surface area contributed by atoms with E-state index in [1.165, 1.54) is 24.3 Å². The molecule has 1 fully saturated rings. The van der Waals surface area contributed by atoms with Gasteiger partial charge in [0.15, 0.2) is 5.89 Å². The topological polar surface area (TPSA) is 42.2 Å². The molecule has 0 saturated carbocycles. The summed E-state index contributed by atoms with van der Waals surface area (Å²) in [5.41, 5.74) is 1.02. The van der Waals surface area contributed by atoms with E-state index in [4.69, 9.17) is 4.42 Å². The van der Waals surface area contributed by atoms with Crippen molar-refractivity contribution in [2.75, 3.05) is 6.54 Å². The van der Waals surface area contributed by atoms with Gasteiger partial charge in [-0.3, -0.25) is 4.90 Å². The van der Waals surface area contributed by atoms with E-state index in [1.807, 2.05) is 13.1 Å². The van der Waals surface area contributed by atoms with Crippen molar-refractivity contribution in [1.29, 1.82) is 0 Å². The number of thiazole rings is 1. The largest absolute Gasteiger partial charge is 0.449 e. The van der Waals surface area contributed by atoms with Crippen LogP contribution >= 0.6 is 11.3 Å². The molecule has 0 spiro atoms. The number of oxazole rings is 1. The van der Waals surface area contributed by atoms with Gasteiger partial charge in [-0.15, -0.1) is 11.3 Å². The molecule has 0 amide bonds. The maximum atomic E-state index is 5.28. The Balaban J connectivity index is 1.76. The third-order valence-corrected chi connectivity index (χ3v) is 4.26. The standard InChI is InChI=1S/C13H17N3OS/c1-10-15-11(9-17-10)8-16-6-3-2-4-12(16)13-14-5-7-18-13/h5,7,9,12H,2-4,6,8H2,1H3. The Morgan fingerprint density at radius 1 is 1.50 bits per heavy atom. The van der Waals surface area contributed by atoms with Gasteiger partial charge in [0.25, 0.3) is 0 Å². The molecule has 1 atom stereocenters. The van der Waals surface area contributed by atoms with Crippen LogP contribution in [0.2, 0.25) is 0 Å².